The number of nitrogens with zero attached hydrogens (tertiary/aromatic N) is 2. The van der Waals surface area contributed by atoms with Crippen LogP contribution < -0.4 is 0 Å². The van der Waals surface area contributed by atoms with Crippen molar-refractivity contribution in [3.05, 3.63) is 23.5 Å². The molecule has 2 aromatic rings. The summed E-state index contributed by atoms with van der Waals surface area (Å²) in [5.74, 6) is -1.65. The summed E-state index contributed by atoms with van der Waals surface area (Å²) in [6.45, 7) is 1.54. The molecule has 0 saturated heterocycles. The van der Waals surface area contributed by atoms with Crippen molar-refractivity contribution in [2.75, 3.05) is 0 Å². The van der Waals surface area contributed by atoms with Crippen molar-refractivity contribution < 1.29 is 18.3 Å². The molecule has 0 fully saturated rings. The van der Waals surface area contributed by atoms with E-state index in [0.29, 0.717) is 10.7 Å². The summed E-state index contributed by atoms with van der Waals surface area (Å²) in [6.07, 6.45) is 3.44. The van der Waals surface area contributed by atoms with Crippen molar-refractivity contribution in [2.24, 2.45) is 0 Å². The van der Waals surface area contributed by atoms with Crippen LogP contribution in [0, 0.1) is 0 Å². The number of aromatic nitrogens is 2. The molecule has 18 heavy (non-hydrogen) atoms. The van der Waals surface area contributed by atoms with Gasteiger partial charge in [0.05, 0.1) is 11.4 Å². The third-order valence-electron chi connectivity index (χ3n) is 2.57. The Morgan fingerprint density at radius 2 is 2.33 bits per heavy atom. The SMILES string of the molecule is CCC(C(=O)O)S(=O)(=O)Cc1cn2ccsc2n1. The van der Waals surface area contributed by atoms with Crippen LogP contribution in [0.25, 0.3) is 4.96 Å². The number of imidazole rings is 1. The van der Waals surface area contributed by atoms with E-state index in [9.17, 15) is 13.2 Å². The molecule has 1 unspecified atom stereocenters. The van der Waals surface area contributed by atoms with Gasteiger partial charge in [-0.1, -0.05) is 6.92 Å². The first-order valence-electron chi connectivity index (χ1n) is 5.29. The molecule has 98 valence electrons. The number of thiazole rings is 1. The molecule has 1 N–H and O–H groups in total. The first-order chi connectivity index (χ1) is 8.44. The lowest BCUT2D eigenvalue weighted by molar-refractivity contribution is -0.136. The summed E-state index contributed by atoms with van der Waals surface area (Å²) in [6, 6.07) is 0. The van der Waals surface area contributed by atoms with E-state index in [1.165, 1.54) is 11.3 Å². The minimum Gasteiger partial charge on any atom is -0.480 e. The summed E-state index contributed by atoms with van der Waals surface area (Å²) in [4.78, 5) is 15.7. The highest BCUT2D eigenvalue weighted by atomic mass is 32.2. The normalized spacial score (nSPS) is 13.8. The molecule has 0 aliphatic carbocycles. The molecule has 0 radical (unpaired) electrons. The zero-order chi connectivity index (χ0) is 13.3. The maximum absolute atomic E-state index is 11.9. The zero-order valence-electron chi connectivity index (χ0n) is 9.61. The first kappa shape index (κ1) is 13.0. The van der Waals surface area contributed by atoms with Crippen LogP contribution in [0.4, 0.5) is 0 Å². The van der Waals surface area contributed by atoms with Crippen LogP contribution in [-0.4, -0.2) is 34.1 Å². The average molecular weight is 288 g/mol. The highest BCUT2D eigenvalue weighted by molar-refractivity contribution is 7.92. The van der Waals surface area contributed by atoms with Gasteiger partial charge in [-0.2, -0.15) is 0 Å². The van der Waals surface area contributed by atoms with Crippen LogP contribution in [-0.2, 0) is 20.4 Å². The smallest absolute Gasteiger partial charge is 0.321 e. The second-order valence-electron chi connectivity index (χ2n) is 3.87. The quantitative estimate of drug-likeness (QED) is 0.892. The van der Waals surface area contributed by atoms with E-state index in [4.69, 9.17) is 5.11 Å². The molecule has 0 spiro atoms. The summed E-state index contributed by atoms with van der Waals surface area (Å²) < 4.78 is 25.6. The minimum absolute atomic E-state index is 0.0554. The van der Waals surface area contributed by atoms with Crippen LogP contribution in [0.15, 0.2) is 17.8 Å². The number of carboxylic acid groups (broad SMARTS) is 1. The van der Waals surface area contributed by atoms with E-state index in [1.54, 1.807) is 23.7 Å². The number of fused-ring (bicyclic) bond motifs is 1. The van der Waals surface area contributed by atoms with Crippen molar-refractivity contribution in [3.63, 3.8) is 0 Å². The predicted molar refractivity (Wildman–Crippen MR) is 67.4 cm³/mol. The van der Waals surface area contributed by atoms with Gasteiger partial charge in [-0.3, -0.25) is 9.20 Å². The van der Waals surface area contributed by atoms with E-state index in [0.717, 1.165) is 0 Å². The van der Waals surface area contributed by atoms with Gasteiger partial charge in [0.25, 0.3) is 0 Å². The Kier molecular flexibility index (Phi) is 3.40. The summed E-state index contributed by atoms with van der Waals surface area (Å²) in [7, 11) is -3.72. The van der Waals surface area contributed by atoms with Crippen molar-refractivity contribution in [3.8, 4) is 0 Å². The molecule has 0 aliphatic rings. The van der Waals surface area contributed by atoms with Crippen LogP contribution >= 0.6 is 11.3 Å². The molecule has 0 aliphatic heterocycles. The van der Waals surface area contributed by atoms with Crippen molar-refractivity contribution in [1.29, 1.82) is 0 Å². The number of aliphatic carboxylic acids is 1. The van der Waals surface area contributed by atoms with Gasteiger partial charge in [0.15, 0.2) is 20.0 Å². The molecule has 0 amide bonds. The molecule has 0 aromatic carbocycles. The summed E-state index contributed by atoms with van der Waals surface area (Å²) >= 11 is 1.40. The number of hydrogen-bond acceptors (Lipinski definition) is 5. The number of rotatable bonds is 5. The molecule has 1 atom stereocenters. The van der Waals surface area contributed by atoms with Gasteiger partial charge in [0.1, 0.15) is 0 Å². The minimum atomic E-state index is -3.72. The zero-order valence-corrected chi connectivity index (χ0v) is 11.2. The van der Waals surface area contributed by atoms with E-state index in [1.807, 2.05) is 5.38 Å². The average Bonchev–Trinajstić information content (AvgIpc) is 2.76. The van der Waals surface area contributed by atoms with Gasteiger partial charge >= 0.3 is 5.97 Å². The van der Waals surface area contributed by atoms with Crippen LogP contribution in [0.5, 0.6) is 0 Å². The Morgan fingerprint density at radius 1 is 1.61 bits per heavy atom. The molecule has 2 rings (SSSR count). The Hall–Kier alpha value is -1.41. The van der Waals surface area contributed by atoms with Crippen LogP contribution in [0.1, 0.15) is 19.0 Å². The van der Waals surface area contributed by atoms with Crippen LogP contribution in [0.2, 0.25) is 0 Å². The molecule has 0 bridgehead atoms. The number of carboxylic acids is 1. The summed E-state index contributed by atoms with van der Waals surface area (Å²) in [5.41, 5.74) is 0.376. The molecule has 2 heterocycles. The largest absolute Gasteiger partial charge is 0.480 e. The molecular weight excluding hydrogens is 276 g/mol. The first-order valence-corrected chi connectivity index (χ1v) is 7.89. The van der Waals surface area contributed by atoms with Gasteiger partial charge in [-0.15, -0.1) is 11.3 Å². The van der Waals surface area contributed by atoms with Gasteiger partial charge in [0.2, 0.25) is 0 Å². The highest BCUT2D eigenvalue weighted by Crippen LogP contribution is 2.17. The molecule has 6 nitrogen and oxygen atoms in total. The Bertz CT molecular complexity index is 642. The van der Waals surface area contributed by atoms with Crippen molar-refractivity contribution in [1.82, 2.24) is 9.38 Å². The van der Waals surface area contributed by atoms with E-state index in [2.05, 4.69) is 4.98 Å². The van der Waals surface area contributed by atoms with E-state index < -0.39 is 21.1 Å². The topological polar surface area (TPSA) is 88.7 Å². The Labute approximate surface area is 108 Å². The standard InChI is InChI=1S/C10H12N2O4S2/c1-2-8(9(13)14)18(15,16)6-7-5-12-3-4-17-10(12)11-7/h3-5,8H,2,6H2,1H3,(H,13,14). The predicted octanol–water partition coefficient (Wildman–Crippen LogP) is 1.17. The number of carbonyl (C=O) groups is 1. The molecule has 0 saturated carbocycles. The lowest BCUT2D eigenvalue weighted by Gasteiger charge is -2.09. The second-order valence-corrected chi connectivity index (χ2v) is 6.92. The van der Waals surface area contributed by atoms with E-state index in [-0.39, 0.29) is 12.2 Å². The summed E-state index contributed by atoms with van der Waals surface area (Å²) in [5, 5.41) is 9.36. The fourth-order valence-corrected chi connectivity index (χ4v) is 4.02. The molecule has 2 aromatic heterocycles. The lowest BCUT2D eigenvalue weighted by atomic mass is 10.3. The number of hydrogen-bond donors (Lipinski definition) is 1. The monoisotopic (exact) mass is 288 g/mol. The fraction of sp³-hybridized carbons (Fsp3) is 0.400. The second kappa shape index (κ2) is 4.69. The van der Waals surface area contributed by atoms with Gasteiger partial charge in [0, 0.05) is 17.8 Å². The third-order valence-corrected chi connectivity index (χ3v) is 5.44. The van der Waals surface area contributed by atoms with Crippen LogP contribution in [0.3, 0.4) is 0 Å². The van der Waals surface area contributed by atoms with Crippen molar-refractivity contribution >= 4 is 32.1 Å². The van der Waals surface area contributed by atoms with E-state index >= 15 is 0 Å². The fourth-order valence-electron chi connectivity index (χ4n) is 1.73. The Balaban J connectivity index is 2.27. The Morgan fingerprint density at radius 3 is 2.89 bits per heavy atom. The lowest BCUT2D eigenvalue weighted by Crippen LogP contribution is -2.30. The maximum Gasteiger partial charge on any atom is 0.321 e. The molecular formula is C10H12N2O4S2. The highest BCUT2D eigenvalue weighted by Gasteiger charge is 2.31. The van der Waals surface area contributed by atoms with Gasteiger partial charge in [-0.05, 0) is 6.42 Å². The number of sulfone groups is 1. The molecule has 8 heteroatoms. The van der Waals surface area contributed by atoms with Gasteiger partial charge in [-0.25, -0.2) is 13.4 Å². The maximum atomic E-state index is 11.9. The van der Waals surface area contributed by atoms with Crippen molar-refractivity contribution in [2.45, 2.75) is 24.3 Å². The third kappa shape index (κ3) is 2.39. The van der Waals surface area contributed by atoms with Gasteiger partial charge < -0.3 is 5.11 Å².